The largest absolute Gasteiger partial charge is 0.398 e. The lowest BCUT2D eigenvalue weighted by Crippen LogP contribution is -2.26. The van der Waals surface area contributed by atoms with Crippen LogP contribution in [-0.2, 0) is 9.84 Å². The Bertz CT molecular complexity index is 500. The molecular formula is C12H20N2O3S. The van der Waals surface area contributed by atoms with Crippen molar-refractivity contribution >= 4 is 21.2 Å². The highest BCUT2D eigenvalue weighted by Gasteiger charge is 2.16. The zero-order valence-corrected chi connectivity index (χ0v) is 11.6. The van der Waals surface area contributed by atoms with Gasteiger partial charge >= 0.3 is 0 Å². The average Bonchev–Trinajstić information content (AvgIpc) is 2.35. The quantitative estimate of drug-likeness (QED) is 0.751. The third kappa shape index (κ3) is 3.14. The molecule has 1 aromatic rings. The van der Waals surface area contributed by atoms with E-state index in [2.05, 4.69) is 0 Å². The molecule has 0 radical (unpaired) electrons. The molecule has 0 atom stereocenters. The Balaban J connectivity index is 3.13. The summed E-state index contributed by atoms with van der Waals surface area (Å²) >= 11 is 0. The Labute approximate surface area is 108 Å². The van der Waals surface area contributed by atoms with Crippen LogP contribution in [0.5, 0.6) is 0 Å². The number of anilines is 2. The first kappa shape index (κ1) is 14.8. The summed E-state index contributed by atoms with van der Waals surface area (Å²) in [4.78, 5) is 2.10. The first-order valence-corrected chi connectivity index (χ1v) is 7.59. The number of rotatable bonds is 6. The molecule has 5 nitrogen and oxygen atoms in total. The van der Waals surface area contributed by atoms with E-state index in [0.29, 0.717) is 6.54 Å². The summed E-state index contributed by atoms with van der Waals surface area (Å²) in [6.07, 6.45) is 0. The average molecular weight is 272 g/mol. The second kappa shape index (κ2) is 6.06. The van der Waals surface area contributed by atoms with Gasteiger partial charge < -0.3 is 15.7 Å². The summed E-state index contributed by atoms with van der Waals surface area (Å²) in [5.74, 6) is 0.0324. The van der Waals surface area contributed by atoms with Crippen LogP contribution in [0.3, 0.4) is 0 Å². The molecule has 1 aromatic carbocycles. The van der Waals surface area contributed by atoms with Crippen molar-refractivity contribution < 1.29 is 13.5 Å². The monoisotopic (exact) mass is 272 g/mol. The molecule has 0 saturated heterocycles. The fraction of sp³-hybridized carbons (Fsp3) is 0.500. The smallest absolute Gasteiger partial charge is 0.180 e. The van der Waals surface area contributed by atoms with E-state index >= 15 is 0 Å². The third-order valence-corrected chi connectivity index (χ3v) is 4.63. The van der Waals surface area contributed by atoms with Crippen LogP contribution < -0.4 is 10.6 Å². The number of sulfone groups is 1. The summed E-state index contributed by atoms with van der Waals surface area (Å²) in [7, 11) is -3.28. The number of benzene rings is 1. The SMILES string of the molecule is CCN(CCO)c1ccc(S(=O)(=O)CC)c(N)c1. The van der Waals surface area contributed by atoms with Gasteiger partial charge in [-0.05, 0) is 25.1 Å². The van der Waals surface area contributed by atoms with E-state index in [1.807, 2.05) is 11.8 Å². The Morgan fingerprint density at radius 1 is 1.33 bits per heavy atom. The van der Waals surface area contributed by atoms with Gasteiger partial charge in [0, 0.05) is 18.8 Å². The van der Waals surface area contributed by atoms with Crippen LogP contribution >= 0.6 is 0 Å². The molecule has 0 aliphatic heterocycles. The van der Waals surface area contributed by atoms with Crippen LogP contribution in [0.25, 0.3) is 0 Å². The van der Waals surface area contributed by atoms with Crippen LogP contribution in [0.1, 0.15) is 13.8 Å². The standard InChI is InChI=1S/C12H20N2O3S/c1-3-14(7-8-15)10-5-6-12(11(13)9-10)18(16,17)4-2/h5-6,9,15H,3-4,7-8,13H2,1-2H3. The van der Waals surface area contributed by atoms with Crippen LogP contribution in [0.15, 0.2) is 23.1 Å². The van der Waals surface area contributed by atoms with Crippen molar-refractivity contribution in [2.75, 3.05) is 36.1 Å². The van der Waals surface area contributed by atoms with Crippen LogP contribution in [0, 0.1) is 0 Å². The Morgan fingerprint density at radius 2 is 2.00 bits per heavy atom. The van der Waals surface area contributed by atoms with Crippen LogP contribution in [-0.4, -0.2) is 39.0 Å². The molecule has 0 fully saturated rings. The fourth-order valence-electron chi connectivity index (χ4n) is 1.76. The van der Waals surface area contributed by atoms with Gasteiger partial charge in [0.15, 0.2) is 9.84 Å². The topological polar surface area (TPSA) is 83.6 Å². The highest BCUT2D eigenvalue weighted by Crippen LogP contribution is 2.25. The van der Waals surface area contributed by atoms with E-state index in [1.54, 1.807) is 19.1 Å². The number of nitrogen functional groups attached to an aromatic ring is 1. The number of nitrogens with zero attached hydrogens (tertiary/aromatic N) is 1. The van der Waals surface area contributed by atoms with Crippen molar-refractivity contribution in [2.24, 2.45) is 0 Å². The van der Waals surface area contributed by atoms with Crippen molar-refractivity contribution in [3.8, 4) is 0 Å². The maximum atomic E-state index is 11.8. The molecule has 102 valence electrons. The minimum absolute atomic E-state index is 0.0324. The number of nitrogens with two attached hydrogens (primary N) is 1. The first-order chi connectivity index (χ1) is 8.46. The van der Waals surface area contributed by atoms with Crippen LogP contribution in [0.2, 0.25) is 0 Å². The molecule has 0 aliphatic rings. The minimum atomic E-state index is -3.28. The third-order valence-electron chi connectivity index (χ3n) is 2.83. The zero-order valence-electron chi connectivity index (χ0n) is 10.8. The number of aliphatic hydroxyl groups excluding tert-OH is 1. The molecule has 0 unspecified atom stereocenters. The molecular weight excluding hydrogens is 252 g/mol. The van der Waals surface area contributed by atoms with Gasteiger partial charge in [-0.3, -0.25) is 0 Å². The van der Waals surface area contributed by atoms with E-state index in [9.17, 15) is 8.42 Å². The van der Waals surface area contributed by atoms with E-state index in [4.69, 9.17) is 10.8 Å². The summed E-state index contributed by atoms with van der Waals surface area (Å²) in [5.41, 5.74) is 6.88. The highest BCUT2D eigenvalue weighted by atomic mass is 32.2. The Hall–Kier alpha value is -1.27. The van der Waals surface area contributed by atoms with Gasteiger partial charge in [0.05, 0.1) is 22.9 Å². The number of aliphatic hydroxyl groups is 1. The van der Waals surface area contributed by atoms with Crippen molar-refractivity contribution in [2.45, 2.75) is 18.7 Å². The van der Waals surface area contributed by atoms with E-state index in [0.717, 1.165) is 12.2 Å². The molecule has 0 bridgehead atoms. The van der Waals surface area contributed by atoms with Crippen molar-refractivity contribution in [3.05, 3.63) is 18.2 Å². The van der Waals surface area contributed by atoms with Gasteiger partial charge in [0.1, 0.15) is 0 Å². The van der Waals surface area contributed by atoms with Crippen molar-refractivity contribution in [3.63, 3.8) is 0 Å². The predicted octanol–water partition coefficient (Wildman–Crippen LogP) is 0.881. The normalized spacial score (nSPS) is 11.5. The van der Waals surface area contributed by atoms with Gasteiger partial charge in [0.25, 0.3) is 0 Å². The van der Waals surface area contributed by atoms with Gasteiger partial charge in [-0.1, -0.05) is 6.92 Å². The second-order valence-electron chi connectivity index (χ2n) is 3.93. The van der Waals surface area contributed by atoms with E-state index in [1.165, 1.54) is 6.07 Å². The lowest BCUT2D eigenvalue weighted by molar-refractivity contribution is 0.302. The molecule has 0 saturated carbocycles. The number of likely N-dealkylation sites (N-methyl/N-ethyl adjacent to an activating group) is 1. The van der Waals surface area contributed by atoms with Gasteiger partial charge in [-0.2, -0.15) is 0 Å². The zero-order chi connectivity index (χ0) is 13.8. The summed E-state index contributed by atoms with van der Waals surface area (Å²) in [6.45, 7) is 4.81. The first-order valence-electron chi connectivity index (χ1n) is 5.94. The minimum Gasteiger partial charge on any atom is -0.398 e. The summed E-state index contributed by atoms with van der Waals surface area (Å²) in [5, 5.41) is 8.95. The molecule has 0 aliphatic carbocycles. The lowest BCUT2D eigenvalue weighted by atomic mass is 10.2. The fourth-order valence-corrected chi connectivity index (χ4v) is 2.77. The predicted molar refractivity (Wildman–Crippen MR) is 73.6 cm³/mol. The molecule has 0 amide bonds. The molecule has 6 heteroatoms. The number of hydrogen-bond acceptors (Lipinski definition) is 5. The maximum absolute atomic E-state index is 11.8. The maximum Gasteiger partial charge on any atom is 0.180 e. The Kier molecular flexibility index (Phi) is 4.98. The summed E-state index contributed by atoms with van der Waals surface area (Å²) in [6, 6.07) is 4.89. The van der Waals surface area contributed by atoms with Crippen molar-refractivity contribution in [1.82, 2.24) is 0 Å². The molecule has 3 N–H and O–H groups in total. The highest BCUT2D eigenvalue weighted by molar-refractivity contribution is 7.91. The lowest BCUT2D eigenvalue weighted by Gasteiger charge is -2.22. The molecule has 0 heterocycles. The van der Waals surface area contributed by atoms with Gasteiger partial charge in [-0.15, -0.1) is 0 Å². The van der Waals surface area contributed by atoms with E-state index < -0.39 is 9.84 Å². The molecule has 0 aromatic heterocycles. The number of hydrogen-bond donors (Lipinski definition) is 2. The summed E-state index contributed by atoms with van der Waals surface area (Å²) < 4.78 is 23.5. The van der Waals surface area contributed by atoms with Crippen molar-refractivity contribution in [1.29, 1.82) is 0 Å². The van der Waals surface area contributed by atoms with E-state index in [-0.39, 0.29) is 22.9 Å². The molecule has 1 rings (SSSR count). The molecule has 0 spiro atoms. The molecule has 18 heavy (non-hydrogen) atoms. The van der Waals surface area contributed by atoms with Gasteiger partial charge in [0.2, 0.25) is 0 Å². The van der Waals surface area contributed by atoms with Gasteiger partial charge in [-0.25, -0.2) is 8.42 Å². The Morgan fingerprint density at radius 3 is 2.44 bits per heavy atom. The second-order valence-corrected chi connectivity index (χ2v) is 6.18. The van der Waals surface area contributed by atoms with Crippen LogP contribution in [0.4, 0.5) is 11.4 Å².